The van der Waals surface area contributed by atoms with Crippen molar-refractivity contribution in [3.05, 3.63) is 71.6 Å². The second-order valence-electron chi connectivity index (χ2n) is 5.65. The maximum atomic E-state index is 13.1. The van der Waals surface area contributed by atoms with Crippen LogP contribution in [0.1, 0.15) is 5.01 Å². The normalized spacial score (nSPS) is 11.2. The number of anilines is 2. The first kappa shape index (κ1) is 17.1. The molecule has 134 valence electrons. The molecule has 0 aliphatic rings. The molecular weight excluding hydrogens is 363 g/mol. The van der Waals surface area contributed by atoms with E-state index < -0.39 is 0 Å². The molecule has 1 N–H and O–H groups in total. The van der Waals surface area contributed by atoms with Crippen LogP contribution in [-0.2, 0) is 0 Å². The predicted molar refractivity (Wildman–Crippen MR) is 107 cm³/mol. The minimum Gasteiger partial charge on any atom is -0.497 e. The number of ether oxygens (including phenoxy) is 1. The first-order chi connectivity index (χ1) is 13.2. The maximum Gasteiger partial charge on any atom is 0.156 e. The van der Waals surface area contributed by atoms with Crippen LogP contribution in [0.4, 0.5) is 21.6 Å². The fourth-order valence-electron chi connectivity index (χ4n) is 2.50. The van der Waals surface area contributed by atoms with Crippen LogP contribution in [-0.4, -0.2) is 23.3 Å². The Morgan fingerprint density at radius 2 is 2.00 bits per heavy atom. The van der Waals surface area contributed by atoms with Gasteiger partial charge in [0.2, 0.25) is 0 Å². The molecule has 2 heterocycles. The summed E-state index contributed by atoms with van der Waals surface area (Å²) in [6.07, 6.45) is 3.39. The number of fused-ring (bicyclic) bond motifs is 1. The zero-order valence-electron chi connectivity index (χ0n) is 14.4. The third-order valence-electron chi connectivity index (χ3n) is 3.82. The average molecular weight is 378 g/mol. The van der Waals surface area contributed by atoms with Crippen LogP contribution < -0.4 is 10.1 Å². The largest absolute Gasteiger partial charge is 0.497 e. The summed E-state index contributed by atoms with van der Waals surface area (Å²) < 4.78 is 19.3. The van der Waals surface area contributed by atoms with Crippen LogP contribution in [0.15, 0.2) is 65.8 Å². The Kier molecular flexibility index (Phi) is 4.76. The lowest BCUT2D eigenvalue weighted by Crippen LogP contribution is -1.93. The molecule has 0 aliphatic carbocycles. The molecular formula is C20H15FN4OS. The highest BCUT2D eigenvalue weighted by molar-refractivity contribution is 7.20. The summed E-state index contributed by atoms with van der Waals surface area (Å²) in [5, 5.41) is 3.94. The van der Waals surface area contributed by atoms with Gasteiger partial charge in [-0.05, 0) is 54.6 Å². The summed E-state index contributed by atoms with van der Waals surface area (Å²) in [5.74, 6) is 1.10. The molecule has 0 bridgehead atoms. The van der Waals surface area contributed by atoms with E-state index >= 15 is 0 Å². The van der Waals surface area contributed by atoms with Gasteiger partial charge in [0, 0.05) is 11.9 Å². The van der Waals surface area contributed by atoms with Crippen LogP contribution in [0.3, 0.4) is 0 Å². The minimum atomic E-state index is -0.285. The van der Waals surface area contributed by atoms with Crippen molar-refractivity contribution >= 4 is 45.0 Å². The molecule has 0 amide bonds. The standard InChI is InChI=1S/C20H15FN4OS/c1-26-15-8-9-16-18(11-15)27-19(25-16)12-23-17-3-2-10-22-20(17)24-14-6-4-13(21)5-7-14/h2-12H,1H3,(H,22,24). The average Bonchev–Trinajstić information content (AvgIpc) is 3.11. The summed E-state index contributed by atoms with van der Waals surface area (Å²) in [4.78, 5) is 13.4. The van der Waals surface area contributed by atoms with Crippen molar-refractivity contribution < 1.29 is 9.13 Å². The number of aliphatic imine (C=N–C) groups is 1. The van der Waals surface area contributed by atoms with Crippen molar-refractivity contribution in [2.24, 2.45) is 4.99 Å². The Morgan fingerprint density at radius 3 is 2.81 bits per heavy atom. The van der Waals surface area contributed by atoms with E-state index in [2.05, 4.69) is 20.3 Å². The number of methoxy groups -OCH3 is 1. The molecule has 0 saturated carbocycles. The lowest BCUT2D eigenvalue weighted by molar-refractivity contribution is 0.415. The van der Waals surface area contributed by atoms with E-state index in [0.717, 1.165) is 26.7 Å². The number of nitrogens with zero attached hydrogens (tertiary/aromatic N) is 3. The molecule has 2 aromatic carbocycles. The first-order valence-corrected chi connectivity index (χ1v) is 8.99. The van der Waals surface area contributed by atoms with E-state index in [9.17, 15) is 4.39 Å². The number of hydrogen-bond acceptors (Lipinski definition) is 6. The van der Waals surface area contributed by atoms with Gasteiger partial charge in [-0.1, -0.05) is 0 Å². The lowest BCUT2D eigenvalue weighted by atomic mass is 10.3. The number of thiazole rings is 1. The number of benzene rings is 2. The fraction of sp³-hybridized carbons (Fsp3) is 0.0500. The van der Waals surface area contributed by atoms with Crippen LogP contribution in [0.2, 0.25) is 0 Å². The van der Waals surface area contributed by atoms with E-state index in [0.29, 0.717) is 11.5 Å². The molecule has 4 aromatic rings. The number of halogens is 1. The summed E-state index contributed by atoms with van der Waals surface area (Å²) in [6.45, 7) is 0. The molecule has 0 unspecified atom stereocenters. The SMILES string of the molecule is COc1ccc2nc(C=Nc3cccnc3Nc3ccc(F)cc3)sc2c1. The van der Waals surface area contributed by atoms with Gasteiger partial charge in [-0.2, -0.15) is 0 Å². The molecule has 0 radical (unpaired) electrons. The van der Waals surface area contributed by atoms with Gasteiger partial charge in [0.25, 0.3) is 0 Å². The van der Waals surface area contributed by atoms with E-state index in [1.54, 1.807) is 31.7 Å². The smallest absolute Gasteiger partial charge is 0.156 e. The zero-order chi connectivity index (χ0) is 18.6. The zero-order valence-corrected chi connectivity index (χ0v) is 15.2. The van der Waals surface area contributed by atoms with Gasteiger partial charge in [0.1, 0.15) is 22.3 Å². The van der Waals surface area contributed by atoms with E-state index in [1.165, 1.54) is 23.5 Å². The molecule has 0 saturated heterocycles. The summed E-state index contributed by atoms with van der Waals surface area (Å²) >= 11 is 1.53. The topological polar surface area (TPSA) is 59.4 Å². The highest BCUT2D eigenvalue weighted by atomic mass is 32.1. The minimum absolute atomic E-state index is 0.285. The summed E-state index contributed by atoms with van der Waals surface area (Å²) in [5.41, 5.74) is 2.30. The van der Waals surface area contributed by atoms with Crippen molar-refractivity contribution in [1.29, 1.82) is 0 Å². The molecule has 7 heteroatoms. The lowest BCUT2D eigenvalue weighted by Gasteiger charge is -2.07. The van der Waals surface area contributed by atoms with Gasteiger partial charge < -0.3 is 10.1 Å². The Bertz CT molecular complexity index is 1110. The van der Waals surface area contributed by atoms with Gasteiger partial charge >= 0.3 is 0 Å². The molecule has 0 atom stereocenters. The highest BCUT2D eigenvalue weighted by Gasteiger charge is 2.05. The Hall–Kier alpha value is -3.32. The fourth-order valence-corrected chi connectivity index (χ4v) is 3.37. The quantitative estimate of drug-likeness (QED) is 0.477. The van der Waals surface area contributed by atoms with Crippen LogP contribution in [0, 0.1) is 5.82 Å². The molecule has 5 nitrogen and oxygen atoms in total. The molecule has 4 rings (SSSR count). The van der Waals surface area contributed by atoms with Gasteiger partial charge in [-0.3, -0.25) is 0 Å². The second-order valence-corrected chi connectivity index (χ2v) is 6.71. The maximum absolute atomic E-state index is 13.1. The van der Waals surface area contributed by atoms with E-state index in [-0.39, 0.29) is 5.82 Å². The molecule has 0 aliphatic heterocycles. The van der Waals surface area contributed by atoms with Crippen molar-refractivity contribution in [2.45, 2.75) is 0 Å². The summed E-state index contributed by atoms with van der Waals surface area (Å²) in [6, 6.07) is 15.5. The van der Waals surface area contributed by atoms with Crippen LogP contribution in [0.5, 0.6) is 5.75 Å². The predicted octanol–water partition coefficient (Wildman–Crippen LogP) is 5.33. The highest BCUT2D eigenvalue weighted by Crippen LogP contribution is 2.28. The summed E-state index contributed by atoms with van der Waals surface area (Å²) in [7, 11) is 1.64. The molecule has 0 fully saturated rings. The third kappa shape index (κ3) is 3.93. The molecule has 27 heavy (non-hydrogen) atoms. The molecule has 2 aromatic heterocycles. The number of hydrogen-bond donors (Lipinski definition) is 1. The van der Waals surface area contributed by atoms with Crippen LogP contribution >= 0.6 is 11.3 Å². The number of pyridine rings is 1. The number of nitrogens with one attached hydrogen (secondary N) is 1. The number of aromatic nitrogens is 2. The number of rotatable bonds is 5. The third-order valence-corrected chi connectivity index (χ3v) is 4.77. The molecule has 0 spiro atoms. The van der Waals surface area contributed by atoms with Gasteiger partial charge in [-0.25, -0.2) is 19.4 Å². The second kappa shape index (κ2) is 7.51. The van der Waals surface area contributed by atoms with Gasteiger partial charge in [0.15, 0.2) is 5.82 Å². The van der Waals surface area contributed by atoms with Crippen LogP contribution in [0.25, 0.3) is 10.2 Å². The monoisotopic (exact) mass is 378 g/mol. The first-order valence-electron chi connectivity index (χ1n) is 8.17. The van der Waals surface area contributed by atoms with Gasteiger partial charge in [0.05, 0.1) is 23.5 Å². The van der Waals surface area contributed by atoms with Gasteiger partial charge in [-0.15, -0.1) is 11.3 Å². The van der Waals surface area contributed by atoms with E-state index in [4.69, 9.17) is 4.74 Å². The van der Waals surface area contributed by atoms with Crippen molar-refractivity contribution in [3.63, 3.8) is 0 Å². The Morgan fingerprint density at radius 1 is 1.15 bits per heavy atom. The van der Waals surface area contributed by atoms with Crippen molar-refractivity contribution in [3.8, 4) is 5.75 Å². The van der Waals surface area contributed by atoms with E-state index in [1.807, 2.05) is 30.3 Å². The van der Waals surface area contributed by atoms with Crippen molar-refractivity contribution in [2.75, 3.05) is 12.4 Å². The Labute approximate surface area is 159 Å². The van der Waals surface area contributed by atoms with Crippen molar-refractivity contribution in [1.82, 2.24) is 9.97 Å². The Balaban J connectivity index is 1.59.